The van der Waals surface area contributed by atoms with Gasteiger partial charge in [-0.15, -0.1) is 13.2 Å². The van der Waals surface area contributed by atoms with Crippen LogP contribution in [0.2, 0.25) is 5.15 Å². The van der Waals surface area contributed by atoms with E-state index in [4.69, 9.17) is 17.3 Å². The van der Waals surface area contributed by atoms with Gasteiger partial charge in [0.15, 0.2) is 0 Å². The van der Waals surface area contributed by atoms with Gasteiger partial charge in [-0.3, -0.25) is 0 Å². The summed E-state index contributed by atoms with van der Waals surface area (Å²) in [5.41, 5.74) is 5.65. The van der Waals surface area contributed by atoms with E-state index in [0.29, 0.717) is 5.56 Å². The third-order valence-electron chi connectivity index (χ3n) is 1.29. The molecule has 3 nitrogen and oxygen atoms in total. The minimum absolute atomic E-state index is 0.0659. The monoisotopic (exact) mass is 226 g/mol. The smallest absolute Gasteiger partial charge is 0.388 e. The molecule has 7 heteroatoms. The number of rotatable bonds is 2. The number of hydrogen-bond donors (Lipinski definition) is 1. The lowest BCUT2D eigenvalue weighted by Crippen LogP contribution is -2.18. The second-order valence-corrected chi connectivity index (χ2v) is 2.78. The molecular weight excluding hydrogens is 221 g/mol. The molecule has 0 bridgehead atoms. The average Bonchev–Trinajstić information content (AvgIpc) is 1.99. The van der Waals surface area contributed by atoms with E-state index in [1.807, 2.05) is 0 Å². The van der Waals surface area contributed by atoms with Crippen LogP contribution in [0, 0.1) is 0 Å². The topological polar surface area (TPSA) is 48.1 Å². The Labute approximate surface area is 82.6 Å². The number of pyridine rings is 1. The summed E-state index contributed by atoms with van der Waals surface area (Å²) < 4.78 is 38.9. The zero-order chi connectivity index (χ0) is 10.8. The highest BCUT2D eigenvalue weighted by Crippen LogP contribution is 2.23. The molecule has 0 aliphatic carbocycles. The summed E-state index contributed by atoms with van der Waals surface area (Å²) in [5.74, 6) is -0.606. The molecule has 1 heterocycles. The predicted molar refractivity (Wildman–Crippen MR) is 43.8 cm³/mol. The summed E-state index contributed by atoms with van der Waals surface area (Å²) in [6, 6.07) is 2.45. The Bertz CT molecular complexity index is 329. The fraction of sp³-hybridized carbons (Fsp3) is 0.286. The third kappa shape index (κ3) is 3.39. The van der Waals surface area contributed by atoms with Crippen LogP contribution in [-0.2, 0) is 6.54 Å². The number of nitrogens with zero attached hydrogens (tertiary/aromatic N) is 1. The summed E-state index contributed by atoms with van der Waals surface area (Å²) >= 11 is 5.44. The quantitative estimate of drug-likeness (QED) is 0.786. The molecule has 78 valence electrons. The van der Waals surface area contributed by atoms with Crippen LogP contribution in [0.1, 0.15) is 5.56 Å². The van der Waals surface area contributed by atoms with Gasteiger partial charge < -0.3 is 10.5 Å². The first-order valence-electron chi connectivity index (χ1n) is 3.53. The van der Waals surface area contributed by atoms with E-state index >= 15 is 0 Å². The van der Waals surface area contributed by atoms with Crippen molar-refractivity contribution in [3.63, 3.8) is 0 Å². The van der Waals surface area contributed by atoms with Gasteiger partial charge in [0, 0.05) is 12.6 Å². The SMILES string of the molecule is NCc1cc(Cl)nc(OC(F)(F)F)c1. The summed E-state index contributed by atoms with van der Waals surface area (Å²) in [7, 11) is 0. The van der Waals surface area contributed by atoms with Gasteiger partial charge in [-0.25, -0.2) is 4.98 Å². The Balaban J connectivity index is 2.92. The Morgan fingerprint density at radius 1 is 1.43 bits per heavy atom. The van der Waals surface area contributed by atoms with E-state index in [-0.39, 0.29) is 11.7 Å². The third-order valence-corrected chi connectivity index (χ3v) is 1.48. The molecule has 0 saturated carbocycles. The second-order valence-electron chi connectivity index (χ2n) is 2.39. The van der Waals surface area contributed by atoms with Crippen LogP contribution in [0.5, 0.6) is 5.88 Å². The first kappa shape index (κ1) is 11.1. The van der Waals surface area contributed by atoms with Crippen molar-refractivity contribution in [3.05, 3.63) is 22.8 Å². The molecule has 1 aromatic heterocycles. The second kappa shape index (κ2) is 4.02. The first-order chi connectivity index (χ1) is 6.40. The van der Waals surface area contributed by atoms with Crippen molar-refractivity contribution in [3.8, 4) is 5.88 Å². The van der Waals surface area contributed by atoms with Gasteiger partial charge >= 0.3 is 6.36 Å². The van der Waals surface area contributed by atoms with Crippen molar-refractivity contribution in [2.75, 3.05) is 0 Å². The fourth-order valence-electron chi connectivity index (χ4n) is 0.812. The van der Waals surface area contributed by atoms with Gasteiger partial charge in [-0.1, -0.05) is 11.6 Å². The van der Waals surface area contributed by atoms with Crippen LogP contribution in [0.15, 0.2) is 12.1 Å². The number of ether oxygens (including phenoxy) is 1. The highest BCUT2D eigenvalue weighted by atomic mass is 35.5. The van der Waals surface area contributed by atoms with Gasteiger partial charge in [-0.2, -0.15) is 0 Å². The van der Waals surface area contributed by atoms with Gasteiger partial charge in [0.25, 0.3) is 0 Å². The molecule has 0 radical (unpaired) electrons. The van der Waals surface area contributed by atoms with Crippen molar-refractivity contribution in [2.45, 2.75) is 12.9 Å². The lowest BCUT2D eigenvalue weighted by Gasteiger charge is -2.08. The minimum Gasteiger partial charge on any atom is -0.388 e. The Morgan fingerprint density at radius 2 is 2.07 bits per heavy atom. The zero-order valence-corrected chi connectivity index (χ0v) is 7.56. The Kier molecular flexibility index (Phi) is 3.17. The van der Waals surface area contributed by atoms with Gasteiger partial charge in [0.2, 0.25) is 5.88 Å². The van der Waals surface area contributed by atoms with Gasteiger partial charge in [0.05, 0.1) is 0 Å². The molecule has 1 rings (SSSR count). The summed E-state index contributed by atoms with van der Waals surface area (Å²) in [5, 5.41) is -0.0906. The molecule has 0 aliphatic rings. The molecule has 0 amide bonds. The van der Waals surface area contributed by atoms with Crippen molar-refractivity contribution in [1.29, 1.82) is 0 Å². The molecule has 0 atom stereocenters. The molecule has 0 aliphatic heterocycles. The lowest BCUT2D eigenvalue weighted by atomic mass is 10.3. The standard InChI is InChI=1S/C7H6ClF3N2O/c8-5-1-4(3-12)2-6(13-5)14-7(9,10)11/h1-2H,3,12H2. The predicted octanol–water partition coefficient (Wildman–Crippen LogP) is 2.09. The van der Waals surface area contributed by atoms with Crippen LogP contribution in [0.3, 0.4) is 0 Å². The van der Waals surface area contributed by atoms with Crippen molar-refractivity contribution >= 4 is 11.6 Å². The largest absolute Gasteiger partial charge is 0.574 e. The Morgan fingerprint density at radius 3 is 2.57 bits per heavy atom. The van der Waals surface area contributed by atoms with Crippen molar-refractivity contribution in [2.24, 2.45) is 5.73 Å². The normalized spacial score (nSPS) is 11.5. The van der Waals surface area contributed by atoms with E-state index in [1.165, 1.54) is 6.07 Å². The highest BCUT2D eigenvalue weighted by molar-refractivity contribution is 6.29. The van der Waals surface area contributed by atoms with Gasteiger partial charge in [-0.05, 0) is 11.6 Å². The maximum absolute atomic E-state index is 11.8. The summed E-state index contributed by atoms with van der Waals surface area (Å²) in [6.07, 6.45) is -4.77. The van der Waals surface area contributed by atoms with Crippen molar-refractivity contribution in [1.82, 2.24) is 4.98 Å². The number of aromatic nitrogens is 1. The molecule has 0 fully saturated rings. The molecule has 0 saturated heterocycles. The van der Waals surface area contributed by atoms with E-state index < -0.39 is 12.2 Å². The van der Waals surface area contributed by atoms with Crippen LogP contribution in [0.25, 0.3) is 0 Å². The minimum atomic E-state index is -4.77. The zero-order valence-electron chi connectivity index (χ0n) is 6.81. The first-order valence-corrected chi connectivity index (χ1v) is 3.91. The molecule has 1 aromatic rings. The molecular formula is C7H6ClF3N2O. The lowest BCUT2D eigenvalue weighted by molar-refractivity contribution is -0.276. The van der Waals surface area contributed by atoms with E-state index in [0.717, 1.165) is 6.07 Å². The van der Waals surface area contributed by atoms with Crippen molar-refractivity contribution < 1.29 is 17.9 Å². The molecule has 14 heavy (non-hydrogen) atoms. The average molecular weight is 227 g/mol. The molecule has 2 N–H and O–H groups in total. The Hall–Kier alpha value is -1.01. The van der Waals surface area contributed by atoms with E-state index in [2.05, 4.69) is 9.72 Å². The highest BCUT2D eigenvalue weighted by Gasteiger charge is 2.31. The molecule has 0 unspecified atom stereocenters. The summed E-state index contributed by atoms with van der Waals surface area (Å²) in [4.78, 5) is 3.33. The molecule has 0 spiro atoms. The maximum atomic E-state index is 11.8. The fourth-order valence-corrected chi connectivity index (χ4v) is 1.04. The maximum Gasteiger partial charge on any atom is 0.574 e. The van der Waals surface area contributed by atoms with E-state index in [9.17, 15) is 13.2 Å². The van der Waals surface area contributed by atoms with Crippen LogP contribution < -0.4 is 10.5 Å². The van der Waals surface area contributed by atoms with Crippen LogP contribution in [-0.4, -0.2) is 11.3 Å². The number of alkyl halides is 3. The number of hydrogen-bond acceptors (Lipinski definition) is 3. The van der Waals surface area contributed by atoms with Crippen LogP contribution >= 0.6 is 11.6 Å². The summed E-state index contributed by atoms with van der Waals surface area (Å²) in [6.45, 7) is 0.0659. The number of nitrogens with two attached hydrogens (primary N) is 1. The van der Waals surface area contributed by atoms with Crippen LogP contribution in [0.4, 0.5) is 13.2 Å². The molecule has 0 aromatic carbocycles. The number of halogens is 4. The van der Waals surface area contributed by atoms with Gasteiger partial charge in [0.1, 0.15) is 5.15 Å². The van der Waals surface area contributed by atoms with E-state index in [1.54, 1.807) is 0 Å².